The zero-order chi connectivity index (χ0) is 34.0. The number of para-hydroxylation sites is 1. The number of nitrogens with two attached hydrogens (primary N) is 1. The summed E-state index contributed by atoms with van der Waals surface area (Å²) in [4.78, 5) is 51.4. The summed E-state index contributed by atoms with van der Waals surface area (Å²) < 4.78 is 41.1. The molecule has 260 valence electrons. The number of piperidine rings is 2. The molecular weight excluding hydrogens is 651 g/mol. The molecule has 11 nitrogen and oxygen atoms in total. The fourth-order valence-corrected chi connectivity index (χ4v) is 7.35. The zero-order valence-corrected chi connectivity index (χ0v) is 27.4. The monoisotopic (exact) mass is 691 g/mol. The van der Waals surface area contributed by atoms with E-state index < -0.39 is 35.5 Å². The number of nitrogen functional groups attached to an aromatic ring is 1. The fourth-order valence-electron chi connectivity index (χ4n) is 7.11. The molecule has 4 N–H and O–H groups in total. The molecule has 1 unspecified atom stereocenters. The number of anilines is 2. The second-order valence-corrected chi connectivity index (χ2v) is 13.4. The van der Waals surface area contributed by atoms with Gasteiger partial charge in [-0.05, 0) is 80.9 Å². The van der Waals surface area contributed by atoms with Gasteiger partial charge in [0.1, 0.15) is 6.04 Å². The molecule has 2 aromatic rings. The van der Waals surface area contributed by atoms with Gasteiger partial charge in [0.05, 0.1) is 16.3 Å². The number of nitrogens with one attached hydrogen (secondary N) is 2. The third-order valence-corrected chi connectivity index (χ3v) is 10.2. The second-order valence-electron chi connectivity index (χ2n) is 13.0. The maximum absolute atomic E-state index is 13.8. The van der Waals surface area contributed by atoms with E-state index in [0.717, 1.165) is 56.1 Å². The number of carbonyl (C=O) groups is 3. The van der Waals surface area contributed by atoms with Crippen molar-refractivity contribution in [3.05, 3.63) is 58.1 Å². The van der Waals surface area contributed by atoms with Crippen molar-refractivity contribution in [2.24, 2.45) is 0 Å². The first-order chi connectivity index (χ1) is 23.0. The van der Waals surface area contributed by atoms with E-state index >= 15 is 0 Å². The van der Waals surface area contributed by atoms with Gasteiger partial charge < -0.3 is 35.9 Å². The molecule has 4 amide bonds. The molecule has 0 spiro atoms. The van der Waals surface area contributed by atoms with Crippen molar-refractivity contribution in [2.75, 3.05) is 56.9 Å². The number of nitrogens with zero attached hydrogens (tertiary/aromatic N) is 4. The minimum Gasteiger partial charge on any atom is -0.397 e. The summed E-state index contributed by atoms with van der Waals surface area (Å²) in [7, 11) is 0. The summed E-state index contributed by atoms with van der Waals surface area (Å²) >= 11 is 6.07. The normalized spacial score (nSPS) is 20.7. The van der Waals surface area contributed by atoms with Crippen molar-refractivity contribution in [3.63, 3.8) is 0 Å². The average molecular weight is 692 g/mol. The summed E-state index contributed by atoms with van der Waals surface area (Å²) in [5.74, 6) is -0.401. The number of hydrogen-bond donors (Lipinski definition) is 3. The number of benzene rings is 2. The number of halogens is 4. The van der Waals surface area contributed by atoms with Crippen LogP contribution in [0.3, 0.4) is 0 Å². The number of hydroxylamine groups is 2. The van der Waals surface area contributed by atoms with Gasteiger partial charge in [-0.3, -0.25) is 4.79 Å². The highest BCUT2D eigenvalue weighted by molar-refractivity contribution is 6.33. The Bertz CT molecular complexity index is 1510. The molecular formula is C33H41ClF3N7O4. The Hall–Kier alpha value is -3.75. The van der Waals surface area contributed by atoms with Crippen molar-refractivity contribution >= 4 is 41.0 Å². The van der Waals surface area contributed by atoms with Gasteiger partial charge in [0.2, 0.25) is 5.91 Å². The van der Waals surface area contributed by atoms with E-state index in [1.165, 1.54) is 11.1 Å². The minimum atomic E-state index is -4.75. The molecule has 4 aliphatic rings. The van der Waals surface area contributed by atoms with Gasteiger partial charge in [0.25, 0.3) is 0 Å². The molecule has 3 fully saturated rings. The molecule has 0 aromatic heterocycles. The van der Waals surface area contributed by atoms with E-state index in [1.54, 1.807) is 4.90 Å². The first-order valence-electron chi connectivity index (χ1n) is 16.5. The number of urea groups is 1. The van der Waals surface area contributed by atoms with Crippen LogP contribution in [0.25, 0.3) is 0 Å². The number of rotatable bonds is 7. The maximum atomic E-state index is 13.8. The molecule has 2 aromatic carbocycles. The molecule has 4 heterocycles. The van der Waals surface area contributed by atoms with Crippen LogP contribution in [0.2, 0.25) is 5.02 Å². The molecule has 6 rings (SSSR count). The molecule has 0 aliphatic carbocycles. The number of amides is 4. The summed E-state index contributed by atoms with van der Waals surface area (Å²) in [5, 5.41) is 6.81. The lowest BCUT2D eigenvalue weighted by molar-refractivity contribution is -0.137. The molecule has 48 heavy (non-hydrogen) atoms. The van der Waals surface area contributed by atoms with Crippen LogP contribution >= 0.6 is 11.6 Å². The van der Waals surface area contributed by atoms with E-state index in [0.29, 0.717) is 51.6 Å². The van der Waals surface area contributed by atoms with E-state index in [4.69, 9.17) is 22.2 Å². The van der Waals surface area contributed by atoms with Crippen molar-refractivity contribution < 1.29 is 32.4 Å². The van der Waals surface area contributed by atoms with Crippen molar-refractivity contribution in [3.8, 4) is 0 Å². The molecule has 0 saturated carbocycles. The lowest BCUT2D eigenvalue weighted by Gasteiger charge is -2.43. The predicted octanol–water partition coefficient (Wildman–Crippen LogP) is 4.74. The number of hydrogen-bond acceptors (Lipinski definition) is 7. The highest BCUT2D eigenvalue weighted by Crippen LogP contribution is 2.38. The second kappa shape index (κ2) is 14.4. The van der Waals surface area contributed by atoms with E-state index in [2.05, 4.69) is 15.5 Å². The van der Waals surface area contributed by atoms with E-state index in [1.807, 2.05) is 29.2 Å². The van der Waals surface area contributed by atoms with Gasteiger partial charge >= 0.3 is 18.3 Å². The minimum absolute atomic E-state index is 0.0474. The van der Waals surface area contributed by atoms with Crippen LogP contribution in [-0.2, 0) is 28.7 Å². The smallest absolute Gasteiger partial charge is 0.397 e. The Kier molecular flexibility index (Phi) is 10.2. The Morgan fingerprint density at radius 1 is 1.00 bits per heavy atom. The first kappa shape index (κ1) is 34.1. The van der Waals surface area contributed by atoms with Gasteiger partial charge in [-0.15, -0.1) is 5.06 Å². The van der Waals surface area contributed by atoms with Gasteiger partial charge in [-0.25, -0.2) is 9.59 Å². The van der Waals surface area contributed by atoms with Crippen LogP contribution in [-0.4, -0.2) is 102 Å². The largest absolute Gasteiger partial charge is 0.426 e. The number of likely N-dealkylation sites (tertiary alicyclic amines) is 2. The van der Waals surface area contributed by atoms with Crippen LogP contribution in [0.15, 0.2) is 36.4 Å². The number of alkyl halides is 3. The van der Waals surface area contributed by atoms with Gasteiger partial charge in [-0.2, -0.15) is 13.2 Å². The first-order valence-corrected chi connectivity index (χ1v) is 16.9. The quantitative estimate of drug-likeness (QED) is 0.359. The predicted molar refractivity (Wildman–Crippen MR) is 174 cm³/mol. The third-order valence-electron chi connectivity index (χ3n) is 9.93. The van der Waals surface area contributed by atoms with Crippen LogP contribution in [0, 0.1) is 0 Å². The number of fused-ring (bicyclic) bond motifs is 1. The van der Waals surface area contributed by atoms with Crippen LogP contribution in [0.5, 0.6) is 0 Å². The topological polar surface area (TPSA) is 123 Å². The lowest BCUT2D eigenvalue weighted by atomic mass is 9.97. The van der Waals surface area contributed by atoms with E-state index in [-0.39, 0.29) is 29.1 Å². The SMILES string of the molecule is Nc1c(Cl)cc(CC(NC(=O)ON2CCC(N3CCc4ccccc4NC3=O)CC2)C(=O)N2CCC(N3CCC3)CC2)cc1C(F)(F)F. The third kappa shape index (κ3) is 7.76. The standard InChI is InChI=1S/C33H41ClF3N7O4/c34-26-19-21(18-25(29(26)38)33(35,36)37)20-28(30(45)42-13-7-23(8-14-42)41-11-3-12-41)40-32(47)48-43-15-9-24(10-16-43)44-17-6-22-4-1-2-5-27(22)39-31(44)46/h1-2,4-5,18-19,23-24,28H,3,6-17,20,38H2,(H,39,46)(H,40,47). The van der Waals surface area contributed by atoms with Crippen LogP contribution in [0.4, 0.5) is 34.1 Å². The van der Waals surface area contributed by atoms with Crippen molar-refractivity contribution in [2.45, 2.75) is 69.2 Å². The Morgan fingerprint density at radius 3 is 2.35 bits per heavy atom. The van der Waals surface area contributed by atoms with Crippen LogP contribution in [0.1, 0.15) is 48.8 Å². The summed E-state index contributed by atoms with van der Waals surface area (Å²) in [6.07, 6.45) is -1.29. The van der Waals surface area contributed by atoms with Crippen LogP contribution < -0.4 is 16.4 Å². The molecule has 0 bridgehead atoms. The van der Waals surface area contributed by atoms with Gasteiger partial charge in [0.15, 0.2) is 0 Å². The molecule has 4 aliphatic heterocycles. The Labute approximate surface area is 282 Å². The Balaban J connectivity index is 1.09. The van der Waals surface area contributed by atoms with Gasteiger partial charge in [-0.1, -0.05) is 29.8 Å². The molecule has 3 saturated heterocycles. The van der Waals surface area contributed by atoms with Gasteiger partial charge in [0, 0.05) is 56.9 Å². The molecule has 0 radical (unpaired) electrons. The highest BCUT2D eigenvalue weighted by atomic mass is 35.5. The average Bonchev–Trinajstić information content (AvgIpc) is 3.19. The highest BCUT2D eigenvalue weighted by Gasteiger charge is 2.37. The zero-order valence-electron chi connectivity index (χ0n) is 26.6. The summed E-state index contributed by atoms with van der Waals surface area (Å²) in [5.41, 5.74) is 5.92. The number of carbonyl (C=O) groups excluding carboxylic acids is 3. The maximum Gasteiger partial charge on any atom is 0.426 e. The summed E-state index contributed by atoms with van der Waals surface area (Å²) in [6, 6.07) is 8.86. The Morgan fingerprint density at radius 2 is 1.69 bits per heavy atom. The lowest BCUT2D eigenvalue weighted by Crippen LogP contribution is -2.56. The van der Waals surface area contributed by atoms with Crippen molar-refractivity contribution in [1.29, 1.82) is 0 Å². The van der Waals surface area contributed by atoms with E-state index in [9.17, 15) is 27.6 Å². The molecule has 15 heteroatoms. The summed E-state index contributed by atoms with van der Waals surface area (Å²) in [6.45, 7) is 4.34. The van der Waals surface area contributed by atoms with Crippen molar-refractivity contribution in [1.82, 2.24) is 25.1 Å². The molecule has 1 atom stereocenters. The fraction of sp³-hybridized carbons (Fsp3) is 0.545.